The summed E-state index contributed by atoms with van der Waals surface area (Å²) in [6, 6.07) is 8.72. The van der Waals surface area contributed by atoms with Crippen LogP contribution in [0, 0.1) is 5.92 Å². The average Bonchev–Trinajstić information content (AvgIpc) is 3.18. The van der Waals surface area contributed by atoms with E-state index in [1.165, 1.54) is 12.7 Å². The molecular formula is C20H24N2O3. The maximum atomic E-state index is 12.8. The summed E-state index contributed by atoms with van der Waals surface area (Å²) in [6.07, 6.45) is 2.42. The Kier molecular flexibility index (Phi) is 3.00. The molecule has 0 amide bonds. The molecule has 2 fully saturated rings. The van der Waals surface area contributed by atoms with Crippen LogP contribution in [-0.4, -0.2) is 47.8 Å². The van der Waals surface area contributed by atoms with E-state index in [0.29, 0.717) is 24.6 Å². The standard InChI is InChI=1S/C20H24N2O3/c1-3-19(24)11-22-9-8-20-12-6-4-5-7-14(12)21-17(20)16(18(23)25-2)13(19)10-15(20)22/h4-7,13,15,21,24H,3,8-11H2,1-2H3/t13-,15+,19+,20-/m1/s1. The van der Waals surface area contributed by atoms with E-state index in [1.807, 2.05) is 13.0 Å². The molecule has 0 aromatic heterocycles. The van der Waals surface area contributed by atoms with Gasteiger partial charge in [0, 0.05) is 29.9 Å². The lowest BCUT2D eigenvalue weighted by Crippen LogP contribution is -2.62. The van der Waals surface area contributed by atoms with E-state index in [4.69, 9.17) is 4.74 Å². The molecule has 5 heteroatoms. The monoisotopic (exact) mass is 340 g/mol. The summed E-state index contributed by atoms with van der Waals surface area (Å²) in [5.41, 5.74) is 3.00. The number of carbonyl (C=O) groups excluding carboxylic acids is 1. The molecule has 3 heterocycles. The number of aliphatic hydroxyl groups is 1. The molecule has 0 unspecified atom stereocenters. The van der Waals surface area contributed by atoms with Gasteiger partial charge in [0.05, 0.1) is 23.7 Å². The largest absolute Gasteiger partial charge is 0.466 e. The number of ether oxygens (including phenoxy) is 1. The van der Waals surface area contributed by atoms with E-state index in [9.17, 15) is 9.90 Å². The zero-order valence-corrected chi connectivity index (χ0v) is 14.7. The van der Waals surface area contributed by atoms with Crippen molar-refractivity contribution in [2.45, 2.75) is 43.2 Å². The molecule has 1 aliphatic carbocycles. The van der Waals surface area contributed by atoms with Gasteiger partial charge in [0.2, 0.25) is 0 Å². The minimum atomic E-state index is -0.875. The molecule has 0 saturated carbocycles. The van der Waals surface area contributed by atoms with Gasteiger partial charge in [-0.25, -0.2) is 4.79 Å². The molecule has 5 nitrogen and oxygen atoms in total. The van der Waals surface area contributed by atoms with Gasteiger partial charge in [-0.3, -0.25) is 4.90 Å². The summed E-state index contributed by atoms with van der Waals surface area (Å²) >= 11 is 0. The van der Waals surface area contributed by atoms with Crippen LogP contribution in [0.2, 0.25) is 0 Å². The van der Waals surface area contributed by atoms with Crippen molar-refractivity contribution in [3.8, 4) is 0 Å². The number of fused-ring (bicyclic) bond motifs is 2. The van der Waals surface area contributed by atoms with Crippen molar-refractivity contribution in [2.24, 2.45) is 5.92 Å². The van der Waals surface area contributed by atoms with E-state index in [-0.39, 0.29) is 17.3 Å². The predicted molar refractivity (Wildman–Crippen MR) is 94.1 cm³/mol. The maximum absolute atomic E-state index is 12.8. The van der Waals surface area contributed by atoms with Crippen molar-refractivity contribution >= 4 is 11.7 Å². The van der Waals surface area contributed by atoms with Crippen LogP contribution in [0.15, 0.2) is 35.5 Å². The summed E-state index contributed by atoms with van der Waals surface area (Å²) < 4.78 is 5.17. The van der Waals surface area contributed by atoms with E-state index in [1.54, 1.807) is 0 Å². The van der Waals surface area contributed by atoms with Crippen molar-refractivity contribution in [3.05, 3.63) is 41.1 Å². The van der Waals surface area contributed by atoms with Gasteiger partial charge in [0.15, 0.2) is 0 Å². The van der Waals surface area contributed by atoms with Crippen LogP contribution in [0.1, 0.15) is 31.7 Å². The number of methoxy groups -OCH3 is 1. The van der Waals surface area contributed by atoms with Crippen LogP contribution < -0.4 is 5.32 Å². The molecule has 1 aromatic rings. The SMILES string of the molecule is CC[C@]1(O)CN2CC[C@]34C(=C(C(=O)OC)[C@H]1C[C@H]23)Nc1ccccc14. The van der Waals surface area contributed by atoms with E-state index in [2.05, 4.69) is 28.4 Å². The Labute approximate surface area is 147 Å². The highest BCUT2D eigenvalue weighted by Gasteiger charge is 2.65. The number of carbonyl (C=O) groups is 1. The highest BCUT2D eigenvalue weighted by Crippen LogP contribution is 2.62. The first-order chi connectivity index (χ1) is 12.0. The van der Waals surface area contributed by atoms with Crippen LogP contribution in [0.25, 0.3) is 0 Å². The molecule has 2 N–H and O–H groups in total. The fourth-order valence-electron chi connectivity index (χ4n) is 5.95. The number of anilines is 1. The molecule has 5 rings (SSSR count). The second-order valence-electron chi connectivity index (χ2n) is 7.90. The third kappa shape index (κ3) is 1.68. The van der Waals surface area contributed by atoms with E-state index in [0.717, 1.165) is 30.8 Å². The Balaban J connectivity index is 1.81. The Bertz CT molecular complexity index is 804. The molecular weight excluding hydrogens is 316 g/mol. The maximum Gasteiger partial charge on any atom is 0.335 e. The summed E-state index contributed by atoms with van der Waals surface area (Å²) in [6.45, 7) is 3.60. The van der Waals surface area contributed by atoms with Gasteiger partial charge in [0.1, 0.15) is 0 Å². The van der Waals surface area contributed by atoms with Crippen molar-refractivity contribution in [1.82, 2.24) is 4.90 Å². The fraction of sp³-hybridized carbons (Fsp3) is 0.550. The van der Waals surface area contributed by atoms with Crippen LogP contribution in [-0.2, 0) is 14.9 Å². The number of hydrogen-bond acceptors (Lipinski definition) is 5. The van der Waals surface area contributed by atoms with Gasteiger partial charge >= 0.3 is 5.97 Å². The number of nitrogens with zero attached hydrogens (tertiary/aromatic N) is 1. The first-order valence-electron chi connectivity index (χ1n) is 9.21. The number of benzene rings is 1. The number of hydrogen-bond donors (Lipinski definition) is 2. The number of rotatable bonds is 2. The molecule has 0 radical (unpaired) electrons. The van der Waals surface area contributed by atoms with Crippen molar-refractivity contribution < 1.29 is 14.6 Å². The molecule has 1 aromatic carbocycles. The molecule has 1 spiro atoms. The lowest BCUT2D eigenvalue weighted by Gasteiger charge is -2.53. The lowest BCUT2D eigenvalue weighted by atomic mass is 9.59. The second kappa shape index (κ2) is 4.86. The van der Waals surface area contributed by atoms with E-state index >= 15 is 0 Å². The highest BCUT2D eigenvalue weighted by molar-refractivity contribution is 5.93. The molecule has 4 atom stereocenters. The summed E-state index contributed by atoms with van der Waals surface area (Å²) in [7, 11) is 1.44. The molecule has 3 aliphatic heterocycles. The van der Waals surface area contributed by atoms with Crippen molar-refractivity contribution in [2.75, 3.05) is 25.5 Å². The Morgan fingerprint density at radius 3 is 3.00 bits per heavy atom. The molecule has 2 saturated heterocycles. The normalized spacial score (nSPS) is 38.2. The number of nitrogens with one attached hydrogen (secondary N) is 1. The summed E-state index contributed by atoms with van der Waals surface area (Å²) in [5.74, 6) is -0.473. The topological polar surface area (TPSA) is 61.8 Å². The quantitative estimate of drug-likeness (QED) is 0.807. The molecule has 4 aliphatic rings. The minimum Gasteiger partial charge on any atom is -0.466 e. The molecule has 2 bridgehead atoms. The van der Waals surface area contributed by atoms with Crippen molar-refractivity contribution in [1.29, 1.82) is 0 Å². The van der Waals surface area contributed by atoms with Crippen LogP contribution >= 0.6 is 0 Å². The highest BCUT2D eigenvalue weighted by atomic mass is 16.5. The summed E-state index contributed by atoms with van der Waals surface area (Å²) in [5, 5.41) is 14.9. The van der Waals surface area contributed by atoms with Gasteiger partial charge in [-0.05, 0) is 37.4 Å². The third-order valence-corrected chi connectivity index (χ3v) is 7.14. The van der Waals surface area contributed by atoms with E-state index < -0.39 is 5.60 Å². The average molecular weight is 340 g/mol. The van der Waals surface area contributed by atoms with Crippen LogP contribution in [0.5, 0.6) is 0 Å². The first-order valence-corrected chi connectivity index (χ1v) is 9.21. The number of esters is 1. The predicted octanol–water partition coefficient (Wildman–Crippen LogP) is 2.03. The Hall–Kier alpha value is -1.85. The minimum absolute atomic E-state index is 0.161. The van der Waals surface area contributed by atoms with Crippen LogP contribution in [0.4, 0.5) is 5.69 Å². The fourth-order valence-corrected chi connectivity index (χ4v) is 5.95. The van der Waals surface area contributed by atoms with Gasteiger partial charge < -0.3 is 15.2 Å². The third-order valence-electron chi connectivity index (χ3n) is 7.14. The van der Waals surface area contributed by atoms with Gasteiger partial charge in [-0.2, -0.15) is 0 Å². The number of piperidine rings is 1. The summed E-state index contributed by atoms with van der Waals surface area (Å²) in [4.78, 5) is 15.2. The van der Waals surface area contributed by atoms with Gasteiger partial charge in [0.25, 0.3) is 0 Å². The van der Waals surface area contributed by atoms with Crippen LogP contribution in [0.3, 0.4) is 0 Å². The first kappa shape index (κ1) is 15.4. The van der Waals surface area contributed by atoms with Crippen molar-refractivity contribution in [3.63, 3.8) is 0 Å². The Morgan fingerprint density at radius 1 is 1.44 bits per heavy atom. The smallest absolute Gasteiger partial charge is 0.335 e. The zero-order valence-electron chi connectivity index (χ0n) is 14.7. The Morgan fingerprint density at radius 2 is 2.24 bits per heavy atom. The molecule has 25 heavy (non-hydrogen) atoms. The number of para-hydroxylation sites is 1. The zero-order chi connectivity index (χ0) is 17.4. The second-order valence-corrected chi connectivity index (χ2v) is 7.90. The lowest BCUT2D eigenvalue weighted by molar-refractivity contribution is -0.142. The van der Waals surface area contributed by atoms with Gasteiger partial charge in [-0.1, -0.05) is 25.1 Å². The molecule has 132 valence electrons. The van der Waals surface area contributed by atoms with Gasteiger partial charge in [-0.15, -0.1) is 0 Å².